The minimum absolute atomic E-state index is 0.157. The molecule has 0 saturated carbocycles. The van der Waals surface area contributed by atoms with Crippen LogP contribution in [0.15, 0.2) is 60.0 Å². The maximum Gasteiger partial charge on any atom is 0.248 e. The Labute approximate surface area is 182 Å². The van der Waals surface area contributed by atoms with Crippen LogP contribution < -0.4 is 10.1 Å². The predicted molar refractivity (Wildman–Crippen MR) is 124 cm³/mol. The van der Waals surface area contributed by atoms with Crippen molar-refractivity contribution in [2.24, 2.45) is 0 Å². The minimum atomic E-state index is -0.157. The van der Waals surface area contributed by atoms with E-state index in [1.165, 1.54) is 11.6 Å². The third-order valence-electron chi connectivity index (χ3n) is 4.43. The van der Waals surface area contributed by atoms with Crippen molar-refractivity contribution >= 4 is 29.0 Å². The number of nitrogens with one attached hydrogen (secondary N) is 1. The molecule has 156 valence electrons. The van der Waals surface area contributed by atoms with Crippen LogP contribution in [0.2, 0.25) is 0 Å². The lowest BCUT2D eigenvalue weighted by Gasteiger charge is -2.09. The first-order valence-electron chi connectivity index (χ1n) is 9.84. The zero-order valence-corrected chi connectivity index (χ0v) is 18.4. The molecule has 0 atom stereocenters. The fourth-order valence-corrected chi connectivity index (χ4v) is 3.37. The molecule has 0 aliphatic carbocycles. The average molecular weight is 422 g/mol. The van der Waals surface area contributed by atoms with Crippen LogP contribution in [0.25, 0.3) is 6.08 Å². The van der Waals surface area contributed by atoms with Gasteiger partial charge in [-0.1, -0.05) is 24.3 Å². The Morgan fingerprint density at radius 3 is 2.50 bits per heavy atom. The Kier molecular flexibility index (Phi) is 7.76. The second kappa shape index (κ2) is 10.7. The van der Waals surface area contributed by atoms with E-state index in [4.69, 9.17) is 4.74 Å². The fourth-order valence-electron chi connectivity index (χ4n) is 2.77. The third kappa shape index (κ3) is 7.13. The highest BCUT2D eigenvalue weighted by atomic mass is 32.1. The molecule has 1 aromatic heterocycles. The van der Waals surface area contributed by atoms with Gasteiger partial charge in [0.1, 0.15) is 12.4 Å². The summed E-state index contributed by atoms with van der Waals surface area (Å²) in [6, 6.07) is 15.6. The number of carbonyl (C=O) groups excluding carboxylic acids is 1. The molecule has 30 heavy (non-hydrogen) atoms. The van der Waals surface area contributed by atoms with Gasteiger partial charge < -0.3 is 15.0 Å². The summed E-state index contributed by atoms with van der Waals surface area (Å²) in [6.07, 6.45) is 4.31. The molecule has 0 unspecified atom stereocenters. The molecule has 0 radical (unpaired) electrons. The van der Waals surface area contributed by atoms with Gasteiger partial charge in [0, 0.05) is 23.7 Å². The fraction of sp³-hybridized carbons (Fsp3) is 0.250. The van der Waals surface area contributed by atoms with Gasteiger partial charge in [0.05, 0.1) is 10.7 Å². The van der Waals surface area contributed by atoms with Gasteiger partial charge in [-0.2, -0.15) is 0 Å². The Hall–Kier alpha value is -2.96. The number of aromatic nitrogens is 1. The summed E-state index contributed by atoms with van der Waals surface area (Å²) in [7, 11) is 4.12. The standard InChI is InChI=1S/C24H27N3O2S/c1-18-25-22(17-30-18)16-29-23-11-6-19(7-12-23)8-13-24(28)26-21-9-4-20(5-10-21)14-15-27(2)3/h4-13,17H,14-16H2,1-3H3,(H,26,28)/b13-8+. The van der Waals surface area contributed by atoms with Crippen molar-refractivity contribution in [3.05, 3.63) is 81.8 Å². The van der Waals surface area contributed by atoms with E-state index in [1.807, 2.05) is 48.7 Å². The molecule has 0 saturated heterocycles. The summed E-state index contributed by atoms with van der Waals surface area (Å²) in [6.45, 7) is 3.44. The first-order chi connectivity index (χ1) is 14.5. The second-order valence-electron chi connectivity index (χ2n) is 7.29. The summed E-state index contributed by atoms with van der Waals surface area (Å²) in [5.74, 6) is 0.617. The second-order valence-corrected chi connectivity index (χ2v) is 8.35. The van der Waals surface area contributed by atoms with Gasteiger partial charge in [-0.3, -0.25) is 4.79 Å². The molecule has 0 spiro atoms. The number of likely N-dealkylation sites (N-methyl/N-ethyl adjacent to an activating group) is 1. The van der Waals surface area contributed by atoms with Crippen molar-refractivity contribution in [3.63, 3.8) is 0 Å². The number of amides is 1. The zero-order chi connectivity index (χ0) is 21.3. The van der Waals surface area contributed by atoms with Gasteiger partial charge in [-0.25, -0.2) is 4.98 Å². The van der Waals surface area contributed by atoms with Crippen molar-refractivity contribution < 1.29 is 9.53 Å². The topological polar surface area (TPSA) is 54.5 Å². The molecular formula is C24H27N3O2S. The van der Waals surface area contributed by atoms with E-state index in [0.29, 0.717) is 6.61 Å². The Bertz CT molecular complexity index is 976. The van der Waals surface area contributed by atoms with Crippen molar-refractivity contribution in [1.82, 2.24) is 9.88 Å². The number of carbonyl (C=O) groups is 1. The Morgan fingerprint density at radius 1 is 1.13 bits per heavy atom. The molecule has 1 heterocycles. The highest BCUT2D eigenvalue weighted by Gasteiger charge is 2.02. The maximum absolute atomic E-state index is 12.2. The molecule has 2 aromatic carbocycles. The van der Waals surface area contributed by atoms with E-state index in [0.717, 1.165) is 40.7 Å². The summed E-state index contributed by atoms with van der Waals surface area (Å²) in [5.41, 5.74) is 3.91. The number of nitrogens with zero attached hydrogens (tertiary/aromatic N) is 2. The van der Waals surface area contributed by atoms with Gasteiger partial charge >= 0.3 is 0 Å². The predicted octanol–water partition coefficient (Wildman–Crippen LogP) is 4.79. The van der Waals surface area contributed by atoms with Gasteiger partial charge in [0.2, 0.25) is 5.91 Å². The largest absolute Gasteiger partial charge is 0.487 e. The van der Waals surface area contributed by atoms with Crippen molar-refractivity contribution in [2.45, 2.75) is 20.0 Å². The van der Waals surface area contributed by atoms with Crippen LogP contribution in [0.5, 0.6) is 5.75 Å². The quantitative estimate of drug-likeness (QED) is 0.505. The van der Waals surface area contributed by atoms with E-state index in [1.54, 1.807) is 17.4 Å². The molecular weight excluding hydrogens is 394 g/mol. The number of benzene rings is 2. The van der Waals surface area contributed by atoms with Gasteiger partial charge in [0.25, 0.3) is 0 Å². The van der Waals surface area contributed by atoms with Crippen LogP contribution in [0.4, 0.5) is 5.69 Å². The normalized spacial score (nSPS) is 11.2. The molecule has 0 aliphatic heterocycles. The van der Waals surface area contributed by atoms with Crippen LogP contribution in [0.3, 0.4) is 0 Å². The smallest absolute Gasteiger partial charge is 0.248 e. The van der Waals surface area contributed by atoms with E-state index in [9.17, 15) is 4.79 Å². The summed E-state index contributed by atoms with van der Waals surface area (Å²) in [5, 5.41) is 5.93. The lowest BCUT2D eigenvalue weighted by atomic mass is 10.1. The van der Waals surface area contributed by atoms with E-state index >= 15 is 0 Å². The van der Waals surface area contributed by atoms with Crippen LogP contribution in [-0.2, 0) is 17.8 Å². The van der Waals surface area contributed by atoms with Crippen LogP contribution in [0, 0.1) is 6.92 Å². The summed E-state index contributed by atoms with van der Waals surface area (Å²) in [4.78, 5) is 18.7. The van der Waals surface area contributed by atoms with Crippen LogP contribution in [-0.4, -0.2) is 36.4 Å². The third-order valence-corrected chi connectivity index (χ3v) is 5.25. The molecule has 0 bridgehead atoms. The molecule has 1 N–H and O–H groups in total. The maximum atomic E-state index is 12.2. The Balaban J connectivity index is 1.47. The number of hydrogen-bond acceptors (Lipinski definition) is 5. The lowest BCUT2D eigenvalue weighted by molar-refractivity contribution is -0.111. The number of ether oxygens (including phenoxy) is 1. The van der Waals surface area contributed by atoms with Gasteiger partial charge in [-0.05, 0) is 68.9 Å². The Morgan fingerprint density at radius 2 is 1.87 bits per heavy atom. The van der Waals surface area contributed by atoms with E-state index in [-0.39, 0.29) is 5.91 Å². The highest BCUT2D eigenvalue weighted by molar-refractivity contribution is 7.09. The highest BCUT2D eigenvalue weighted by Crippen LogP contribution is 2.16. The molecule has 5 nitrogen and oxygen atoms in total. The van der Waals surface area contributed by atoms with E-state index in [2.05, 4.69) is 41.4 Å². The summed E-state index contributed by atoms with van der Waals surface area (Å²) >= 11 is 1.62. The molecule has 6 heteroatoms. The zero-order valence-electron chi connectivity index (χ0n) is 17.6. The number of aryl methyl sites for hydroxylation is 1. The minimum Gasteiger partial charge on any atom is -0.487 e. The number of anilines is 1. The number of thiazole rings is 1. The molecule has 3 aromatic rings. The number of hydrogen-bond donors (Lipinski definition) is 1. The van der Waals surface area contributed by atoms with Gasteiger partial charge in [-0.15, -0.1) is 11.3 Å². The van der Waals surface area contributed by atoms with E-state index < -0.39 is 0 Å². The van der Waals surface area contributed by atoms with Crippen LogP contribution in [0.1, 0.15) is 21.8 Å². The molecule has 0 fully saturated rings. The van der Waals surface area contributed by atoms with Crippen molar-refractivity contribution in [1.29, 1.82) is 0 Å². The SMILES string of the molecule is Cc1nc(COc2ccc(/C=C/C(=O)Nc3ccc(CCN(C)C)cc3)cc2)cs1. The monoisotopic (exact) mass is 421 g/mol. The summed E-state index contributed by atoms with van der Waals surface area (Å²) < 4.78 is 5.74. The van der Waals surface area contributed by atoms with Crippen molar-refractivity contribution in [3.8, 4) is 5.75 Å². The van der Waals surface area contributed by atoms with Crippen molar-refractivity contribution in [2.75, 3.05) is 26.0 Å². The number of rotatable bonds is 9. The molecule has 0 aliphatic rings. The first-order valence-corrected chi connectivity index (χ1v) is 10.7. The first kappa shape index (κ1) is 21.7. The molecule has 1 amide bonds. The van der Waals surface area contributed by atoms with Crippen LogP contribution >= 0.6 is 11.3 Å². The lowest BCUT2D eigenvalue weighted by Crippen LogP contribution is -2.15. The average Bonchev–Trinajstić information content (AvgIpc) is 3.16. The molecule has 3 rings (SSSR count). The van der Waals surface area contributed by atoms with Gasteiger partial charge in [0.15, 0.2) is 0 Å².